The molecule has 4 nitrogen and oxygen atoms in total. The van der Waals surface area contributed by atoms with Crippen LogP contribution in [0.2, 0.25) is 0 Å². The predicted octanol–water partition coefficient (Wildman–Crippen LogP) is 3.17. The zero-order chi connectivity index (χ0) is 14.4. The van der Waals surface area contributed by atoms with Gasteiger partial charge in [0.25, 0.3) is 0 Å². The van der Waals surface area contributed by atoms with Crippen LogP contribution in [-0.4, -0.2) is 25.5 Å². The van der Waals surface area contributed by atoms with Gasteiger partial charge in [0.2, 0.25) is 0 Å². The van der Waals surface area contributed by atoms with Gasteiger partial charge in [-0.1, -0.05) is 0 Å². The lowest BCUT2D eigenvalue weighted by Gasteiger charge is -2.14. The van der Waals surface area contributed by atoms with Crippen molar-refractivity contribution in [3.8, 4) is 11.5 Å². The molecule has 0 bridgehead atoms. The molecule has 0 atom stereocenters. The Balaban J connectivity index is 2.09. The number of benzene rings is 1. The van der Waals surface area contributed by atoms with Crippen molar-refractivity contribution in [3.05, 3.63) is 34.3 Å². The molecule has 2 rings (SSSR count). The van der Waals surface area contributed by atoms with Gasteiger partial charge in [0.1, 0.15) is 0 Å². The lowest BCUT2D eigenvalue weighted by atomic mass is 10.2. The molecule has 1 N–H and O–H groups in total. The fraction of sp³-hybridized carbons (Fsp3) is 0.357. The summed E-state index contributed by atoms with van der Waals surface area (Å²) in [7, 11) is 3.31. The van der Waals surface area contributed by atoms with Crippen molar-refractivity contribution in [1.29, 1.82) is 0 Å². The van der Waals surface area contributed by atoms with Crippen molar-refractivity contribution in [2.24, 2.45) is 0 Å². The maximum atomic E-state index is 5.36. The van der Waals surface area contributed by atoms with E-state index in [0.29, 0.717) is 0 Å². The first-order valence-corrected chi connectivity index (χ1v) is 8.32. The summed E-state index contributed by atoms with van der Waals surface area (Å²) in [6.45, 7) is 1.54. The average Bonchev–Trinajstić information content (AvgIpc) is 2.99. The highest BCUT2D eigenvalue weighted by molar-refractivity contribution is 7.98. The molecular weight excluding hydrogens is 292 g/mol. The third-order valence-electron chi connectivity index (χ3n) is 2.89. The number of methoxy groups -OCH3 is 2. The van der Waals surface area contributed by atoms with Gasteiger partial charge in [-0.15, -0.1) is 23.1 Å². The van der Waals surface area contributed by atoms with Crippen molar-refractivity contribution in [1.82, 2.24) is 10.3 Å². The van der Waals surface area contributed by atoms with E-state index in [-0.39, 0.29) is 0 Å². The summed E-state index contributed by atoms with van der Waals surface area (Å²) in [5, 5.41) is 5.45. The molecule has 0 radical (unpaired) electrons. The quantitative estimate of drug-likeness (QED) is 0.796. The molecule has 0 spiro atoms. The molecule has 0 unspecified atom stereocenters. The largest absolute Gasteiger partial charge is 0.493 e. The molecule has 2 aromatic rings. The highest BCUT2D eigenvalue weighted by Crippen LogP contribution is 2.34. The van der Waals surface area contributed by atoms with Crippen LogP contribution in [0.25, 0.3) is 0 Å². The number of nitrogens with one attached hydrogen (secondary N) is 1. The minimum Gasteiger partial charge on any atom is -0.493 e. The van der Waals surface area contributed by atoms with Crippen molar-refractivity contribution in [2.45, 2.75) is 18.0 Å². The van der Waals surface area contributed by atoms with Crippen LogP contribution in [-0.2, 0) is 13.1 Å². The van der Waals surface area contributed by atoms with E-state index < -0.39 is 0 Å². The molecule has 1 aromatic carbocycles. The predicted molar refractivity (Wildman–Crippen MR) is 84.0 cm³/mol. The molecule has 1 aromatic heterocycles. The van der Waals surface area contributed by atoms with E-state index in [1.165, 1.54) is 10.5 Å². The standard InChI is InChI=1S/C14H18N2O2S2/c1-17-12-4-10(14(19-3)5-13(12)18-2)6-15-7-11-8-20-9-16-11/h4-5,8-9,15H,6-7H2,1-3H3. The molecule has 0 fully saturated rings. The zero-order valence-electron chi connectivity index (χ0n) is 11.8. The lowest BCUT2D eigenvalue weighted by molar-refractivity contribution is 0.353. The number of thioether (sulfide) groups is 1. The Bertz CT molecular complexity index is 544. The first-order valence-electron chi connectivity index (χ1n) is 6.15. The van der Waals surface area contributed by atoms with Gasteiger partial charge < -0.3 is 14.8 Å². The molecule has 0 aliphatic rings. The summed E-state index contributed by atoms with van der Waals surface area (Å²) in [6.07, 6.45) is 2.06. The molecule has 20 heavy (non-hydrogen) atoms. The van der Waals surface area contributed by atoms with Crippen LogP contribution < -0.4 is 14.8 Å². The second-order valence-electron chi connectivity index (χ2n) is 4.10. The molecule has 0 saturated carbocycles. The Morgan fingerprint density at radius 2 is 1.95 bits per heavy atom. The highest BCUT2D eigenvalue weighted by atomic mass is 32.2. The second-order valence-corrected chi connectivity index (χ2v) is 5.67. The highest BCUT2D eigenvalue weighted by Gasteiger charge is 2.10. The number of ether oxygens (including phenoxy) is 2. The Labute approximate surface area is 127 Å². The van der Waals surface area contributed by atoms with E-state index in [9.17, 15) is 0 Å². The Kier molecular flexibility index (Phi) is 5.70. The number of nitrogens with zero attached hydrogens (tertiary/aromatic N) is 1. The first kappa shape index (κ1) is 15.2. The van der Waals surface area contributed by atoms with Gasteiger partial charge in [0.05, 0.1) is 25.4 Å². The summed E-state index contributed by atoms with van der Waals surface area (Å²) in [5.74, 6) is 1.52. The minimum atomic E-state index is 0.760. The number of thiazole rings is 1. The minimum absolute atomic E-state index is 0.760. The third kappa shape index (κ3) is 3.65. The van der Waals surface area contributed by atoms with E-state index in [0.717, 1.165) is 30.3 Å². The molecule has 0 aliphatic heterocycles. The Morgan fingerprint density at radius 1 is 1.20 bits per heavy atom. The number of hydrogen-bond acceptors (Lipinski definition) is 6. The van der Waals surface area contributed by atoms with Crippen molar-refractivity contribution >= 4 is 23.1 Å². The van der Waals surface area contributed by atoms with Crippen LogP contribution in [0, 0.1) is 0 Å². The smallest absolute Gasteiger partial charge is 0.161 e. The van der Waals surface area contributed by atoms with Gasteiger partial charge in [-0.05, 0) is 24.0 Å². The lowest BCUT2D eigenvalue weighted by Crippen LogP contribution is -2.13. The number of aromatic nitrogens is 1. The fourth-order valence-electron chi connectivity index (χ4n) is 1.88. The maximum Gasteiger partial charge on any atom is 0.161 e. The van der Waals surface area contributed by atoms with Crippen LogP contribution >= 0.6 is 23.1 Å². The molecule has 6 heteroatoms. The first-order chi connectivity index (χ1) is 9.78. The normalized spacial score (nSPS) is 10.6. The van der Waals surface area contributed by atoms with Gasteiger partial charge in [-0.25, -0.2) is 4.98 Å². The summed E-state index contributed by atoms with van der Waals surface area (Å²) in [4.78, 5) is 5.45. The van der Waals surface area contributed by atoms with E-state index >= 15 is 0 Å². The van der Waals surface area contributed by atoms with Crippen molar-refractivity contribution in [3.63, 3.8) is 0 Å². The summed E-state index contributed by atoms with van der Waals surface area (Å²) < 4.78 is 10.7. The molecule has 1 heterocycles. The monoisotopic (exact) mass is 310 g/mol. The molecule has 0 aliphatic carbocycles. The van der Waals surface area contributed by atoms with E-state index in [2.05, 4.69) is 21.9 Å². The number of hydrogen-bond donors (Lipinski definition) is 1. The van der Waals surface area contributed by atoms with Crippen molar-refractivity contribution < 1.29 is 9.47 Å². The van der Waals surface area contributed by atoms with Gasteiger partial charge in [0, 0.05) is 23.4 Å². The Hall–Kier alpha value is -1.24. The van der Waals surface area contributed by atoms with Gasteiger partial charge in [0.15, 0.2) is 11.5 Å². The fourth-order valence-corrected chi connectivity index (χ4v) is 3.06. The van der Waals surface area contributed by atoms with Crippen molar-refractivity contribution in [2.75, 3.05) is 20.5 Å². The molecule has 108 valence electrons. The SMILES string of the molecule is COc1cc(CNCc2cscn2)c(SC)cc1OC. The van der Waals surface area contributed by atoms with Crippen LogP contribution in [0.5, 0.6) is 11.5 Å². The molecule has 0 amide bonds. The summed E-state index contributed by atoms with van der Waals surface area (Å²) in [6, 6.07) is 4.04. The van der Waals surface area contributed by atoms with E-state index in [1.807, 2.05) is 17.6 Å². The third-order valence-corrected chi connectivity index (χ3v) is 4.35. The van der Waals surface area contributed by atoms with Crippen LogP contribution in [0.3, 0.4) is 0 Å². The van der Waals surface area contributed by atoms with Crippen LogP contribution in [0.1, 0.15) is 11.3 Å². The Morgan fingerprint density at radius 3 is 2.55 bits per heavy atom. The topological polar surface area (TPSA) is 43.4 Å². The van der Waals surface area contributed by atoms with Crippen LogP contribution in [0.15, 0.2) is 27.9 Å². The second kappa shape index (κ2) is 7.52. The van der Waals surface area contributed by atoms with E-state index in [1.54, 1.807) is 37.3 Å². The number of rotatable bonds is 7. The zero-order valence-corrected chi connectivity index (χ0v) is 13.4. The molecular formula is C14H18N2O2S2. The van der Waals surface area contributed by atoms with Crippen LogP contribution in [0.4, 0.5) is 0 Å². The summed E-state index contributed by atoms with van der Waals surface area (Å²) in [5.41, 5.74) is 4.12. The van der Waals surface area contributed by atoms with Gasteiger partial charge >= 0.3 is 0 Å². The average molecular weight is 310 g/mol. The summed E-state index contributed by atoms with van der Waals surface area (Å²) >= 11 is 3.32. The van der Waals surface area contributed by atoms with Gasteiger partial charge in [-0.3, -0.25) is 0 Å². The molecule has 0 saturated heterocycles. The van der Waals surface area contributed by atoms with Gasteiger partial charge in [-0.2, -0.15) is 0 Å². The maximum absolute atomic E-state index is 5.36. The van der Waals surface area contributed by atoms with E-state index in [4.69, 9.17) is 9.47 Å².